The molecule has 1 aromatic rings. The molecule has 118 valence electrons. The maximum absolute atomic E-state index is 11.9. The van der Waals surface area contributed by atoms with Crippen molar-refractivity contribution >= 4 is 5.91 Å². The minimum absolute atomic E-state index is 0.0257. The number of phenols is 1. The first-order valence-electron chi connectivity index (χ1n) is 7.34. The van der Waals surface area contributed by atoms with Crippen molar-refractivity contribution in [1.29, 1.82) is 0 Å². The molecular formula is C17H27NO3. The van der Waals surface area contributed by atoms with Gasteiger partial charge in [-0.3, -0.25) is 4.79 Å². The molecule has 0 unspecified atom stereocenters. The summed E-state index contributed by atoms with van der Waals surface area (Å²) in [4.78, 5) is 13.4. The van der Waals surface area contributed by atoms with Crippen LogP contribution in [-0.4, -0.2) is 41.2 Å². The molecule has 0 bridgehead atoms. The molecule has 0 radical (unpaired) electrons. The second kappa shape index (κ2) is 6.94. The fourth-order valence-electron chi connectivity index (χ4n) is 2.32. The van der Waals surface area contributed by atoms with Gasteiger partial charge in [-0.05, 0) is 29.9 Å². The number of hydrogen-bond donors (Lipinski definition) is 2. The highest BCUT2D eigenvalue weighted by atomic mass is 16.3. The molecule has 4 heteroatoms. The summed E-state index contributed by atoms with van der Waals surface area (Å²) in [6.45, 7) is 8.48. The average Bonchev–Trinajstić information content (AvgIpc) is 2.37. The number of carbonyl (C=O) groups is 1. The molecule has 0 fully saturated rings. The van der Waals surface area contributed by atoms with Gasteiger partial charge in [0, 0.05) is 20.0 Å². The van der Waals surface area contributed by atoms with Crippen LogP contribution in [-0.2, 0) is 16.6 Å². The van der Waals surface area contributed by atoms with Gasteiger partial charge in [0.15, 0.2) is 0 Å². The number of hydrogen-bond acceptors (Lipinski definition) is 3. The van der Waals surface area contributed by atoms with Gasteiger partial charge < -0.3 is 15.1 Å². The zero-order chi connectivity index (χ0) is 16.2. The van der Waals surface area contributed by atoms with Crippen LogP contribution >= 0.6 is 0 Å². The molecule has 4 nitrogen and oxygen atoms in total. The normalized spacial score (nSPS) is 11.5. The standard InChI is InChI=1S/C17H27NO3/c1-12-10-13(6-7-15(20)18(5)8-9-19)16(21)14(11-12)17(2,3)4/h10-11,19,21H,6-9H2,1-5H3. The molecule has 0 aliphatic carbocycles. The van der Waals surface area contributed by atoms with Gasteiger partial charge in [-0.1, -0.05) is 38.5 Å². The number of amides is 1. The summed E-state index contributed by atoms with van der Waals surface area (Å²) in [5, 5.41) is 19.3. The van der Waals surface area contributed by atoms with E-state index in [0.29, 0.717) is 25.1 Å². The summed E-state index contributed by atoms with van der Waals surface area (Å²) in [5.74, 6) is 0.271. The monoisotopic (exact) mass is 293 g/mol. The molecule has 1 aromatic carbocycles. The van der Waals surface area contributed by atoms with Crippen LogP contribution in [0.1, 0.15) is 43.9 Å². The Morgan fingerprint density at radius 3 is 2.43 bits per heavy atom. The number of likely N-dealkylation sites (N-methyl/N-ethyl adjacent to an activating group) is 1. The maximum Gasteiger partial charge on any atom is 0.222 e. The maximum atomic E-state index is 11.9. The third kappa shape index (κ3) is 4.74. The molecule has 1 amide bonds. The Balaban J connectivity index is 2.90. The first kappa shape index (κ1) is 17.5. The van der Waals surface area contributed by atoms with Gasteiger partial charge in [-0.15, -0.1) is 0 Å². The molecule has 0 aliphatic rings. The number of aliphatic hydroxyl groups is 1. The van der Waals surface area contributed by atoms with Crippen molar-refractivity contribution in [3.05, 3.63) is 28.8 Å². The number of aromatic hydroxyl groups is 1. The number of carbonyl (C=O) groups excluding carboxylic acids is 1. The van der Waals surface area contributed by atoms with Gasteiger partial charge >= 0.3 is 0 Å². The van der Waals surface area contributed by atoms with E-state index in [9.17, 15) is 9.90 Å². The Kier molecular flexibility index (Phi) is 5.78. The zero-order valence-electron chi connectivity index (χ0n) is 13.7. The topological polar surface area (TPSA) is 60.8 Å². The number of aliphatic hydroxyl groups excluding tert-OH is 1. The minimum atomic E-state index is -0.136. The summed E-state index contributed by atoms with van der Waals surface area (Å²) in [5.41, 5.74) is 2.67. The number of aryl methyl sites for hydroxylation is 2. The van der Waals surface area contributed by atoms with Gasteiger partial charge in [0.1, 0.15) is 5.75 Å². The SMILES string of the molecule is Cc1cc(CCC(=O)N(C)CCO)c(O)c(C(C)(C)C)c1. The van der Waals surface area contributed by atoms with E-state index in [1.165, 1.54) is 4.90 Å². The number of nitrogens with zero attached hydrogens (tertiary/aromatic N) is 1. The molecule has 0 saturated carbocycles. The van der Waals surface area contributed by atoms with E-state index in [-0.39, 0.29) is 17.9 Å². The molecule has 2 N–H and O–H groups in total. The fourth-order valence-corrected chi connectivity index (χ4v) is 2.32. The zero-order valence-corrected chi connectivity index (χ0v) is 13.7. The van der Waals surface area contributed by atoms with Crippen molar-refractivity contribution in [2.45, 2.75) is 46.0 Å². The highest BCUT2D eigenvalue weighted by molar-refractivity contribution is 5.76. The van der Waals surface area contributed by atoms with Crippen LogP contribution < -0.4 is 0 Å². The van der Waals surface area contributed by atoms with Crippen LogP contribution in [0.3, 0.4) is 0 Å². The summed E-state index contributed by atoms with van der Waals surface area (Å²) >= 11 is 0. The molecule has 0 spiro atoms. The van der Waals surface area contributed by atoms with E-state index in [1.807, 2.05) is 19.1 Å². The molecule has 0 aliphatic heterocycles. The van der Waals surface area contributed by atoms with Crippen LogP contribution in [0.4, 0.5) is 0 Å². The lowest BCUT2D eigenvalue weighted by atomic mass is 9.83. The van der Waals surface area contributed by atoms with E-state index in [4.69, 9.17) is 5.11 Å². The molecule has 0 saturated heterocycles. The smallest absolute Gasteiger partial charge is 0.222 e. The van der Waals surface area contributed by atoms with Crippen molar-refractivity contribution < 1.29 is 15.0 Å². The Hall–Kier alpha value is -1.55. The largest absolute Gasteiger partial charge is 0.507 e. The molecule has 1 rings (SSSR count). The van der Waals surface area contributed by atoms with Gasteiger partial charge in [-0.25, -0.2) is 0 Å². The third-order valence-electron chi connectivity index (χ3n) is 3.61. The van der Waals surface area contributed by atoms with Gasteiger partial charge in [0.25, 0.3) is 0 Å². The lowest BCUT2D eigenvalue weighted by Crippen LogP contribution is -2.29. The van der Waals surface area contributed by atoms with Gasteiger partial charge in [0.05, 0.1) is 6.61 Å². The molecule has 21 heavy (non-hydrogen) atoms. The number of rotatable bonds is 5. The first-order valence-corrected chi connectivity index (χ1v) is 7.34. The van der Waals surface area contributed by atoms with Crippen LogP contribution in [0.2, 0.25) is 0 Å². The van der Waals surface area contributed by atoms with Crippen molar-refractivity contribution in [1.82, 2.24) is 4.90 Å². The van der Waals surface area contributed by atoms with Gasteiger partial charge in [-0.2, -0.15) is 0 Å². The number of benzene rings is 1. The van der Waals surface area contributed by atoms with Crippen molar-refractivity contribution in [2.75, 3.05) is 20.2 Å². The lowest BCUT2D eigenvalue weighted by Gasteiger charge is -2.23. The molecule has 0 heterocycles. The van der Waals surface area contributed by atoms with E-state index in [0.717, 1.165) is 16.7 Å². The van der Waals surface area contributed by atoms with Crippen LogP contribution in [0.25, 0.3) is 0 Å². The fraction of sp³-hybridized carbons (Fsp3) is 0.588. The van der Waals surface area contributed by atoms with Crippen LogP contribution in [0.15, 0.2) is 12.1 Å². The molecule has 0 aromatic heterocycles. The predicted octanol–water partition coefficient (Wildman–Crippen LogP) is 2.38. The summed E-state index contributed by atoms with van der Waals surface area (Å²) in [6, 6.07) is 3.93. The van der Waals surface area contributed by atoms with E-state index < -0.39 is 0 Å². The second-order valence-corrected chi connectivity index (χ2v) is 6.61. The summed E-state index contributed by atoms with van der Waals surface area (Å²) in [7, 11) is 1.68. The summed E-state index contributed by atoms with van der Waals surface area (Å²) in [6.07, 6.45) is 0.836. The van der Waals surface area contributed by atoms with Crippen LogP contribution in [0.5, 0.6) is 5.75 Å². The van der Waals surface area contributed by atoms with Crippen molar-refractivity contribution in [3.8, 4) is 5.75 Å². The minimum Gasteiger partial charge on any atom is -0.507 e. The lowest BCUT2D eigenvalue weighted by molar-refractivity contribution is -0.130. The highest BCUT2D eigenvalue weighted by Gasteiger charge is 2.21. The van der Waals surface area contributed by atoms with E-state index in [1.54, 1.807) is 7.05 Å². The van der Waals surface area contributed by atoms with E-state index in [2.05, 4.69) is 20.8 Å². The second-order valence-electron chi connectivity index (χ2n) is 6.61. The Morgan fingerprint density at radius 1 is 1.29 bits per heavy atom. The van der Waals surface area contributed by atoms with E-state index >= 15 is 0 Å². The molecule has 0 atom stereocenters. The average molecular weight is 293 g/mol. The summed E-state index contributed by atoms with van der Waals surface area (Å²) < 4.78 is 0. The Morgan fingerprint density at radius 2 is 1.90 bits per heavy atom. The predicted molar refractivity (Wildman–Crippen MR) is 84.6 cm³/mol. The Labute approximate surface area is 127 Å². The van der Waals surface area contributed by atoms with Gasteiger partial charge in [0.2, 0.25) is 5.91 Å². The first-order chi connectivity index (χ1) is 9.66. The number of phenolic OH excluding ortho intramolecular Hbond substituents is 1. The highest BCUT2D eigenvalue weighted by Crippen LogP contribution is 2.34. The van der Waals surface area contributed by atoms with Crippen molar-refractivity contribution in [2.24, 2.45) is 0 Å². The Bertz CT molecular complexity index is 503. The molecular weight excluding hydrogens is 266 g/mol. The third-order valence-corrected chi connectivity index (χ3v) is 3.61. The van der Waals surface area contributed by atoms with Crippen molar-refractivity contribution in [3.63, 3.8) is 0 Å². The van der Waals surface area contributed by atoms with Crippen LogP contribution in [0, 0.1) is 6.92 Å². The quantitative estimate of drug-likeness (QED) is 0.876.